The number of piperazine rings is 2. The smallest absolute Gasteiger partial charge is 0.410 e. The number of nitrogens with zero attached hydrogens (tertiary/aromatic N) is 2. The van der Waals surface area contributed by atoms with Gasteiger partial charge in [-0.05, 0) is 29.8 Å². The minimum atomic E-state index is -0.746. The molecule has 7 nitrogen and oxygen atoms in total. The molecule has 0 aliphatic carbocycles. The summed E-state index contributed by atoms with van der Waals surface area (Å²) in [5, 5.41) is 2.78. The highest BCUT2D eigenvalue weighted by molar-refractivity contribution is 5.97. The zero-order chi connectivity index (χ0) is 20.4. The fourth-order valence-corrected chi connectivity index (χ4v) is 3.62. The van der Waals surface area contributed by atoms with Gasteiger partial charge in [0.15, 0.2) is 0 Å². The van der Waals surface area contributed by atoms with Gasteiger partial charge in [-0.25, -0.2) is 9.18 Å². The van der Waals surface area contributed by atoms with Crippen LogP contribution in [0.2, 0.25) is 0 Å². The number of carbonyl (C=O) groups excluding carboxylic acids is 3. The van der Waals surface area contributed by atoms with E-state index in [1.807, 2.05) is 30.3 Å². The molecule has 0 bridgehead atoms. The number of benzene rings is 2. The van der Waals surface area contributed by atoms with E-state index in [1.54, 1.807) is 0 Å². The Bertz CT molecular complexity index is 919. The Balaban J connectivity index is 1.40. The van der Waals surface area contributed by atoms with E-state index in [9.17, 15) is 18.8 Å². The molecule has 0 spiro atoms. The Morgan fingerprint density at radius 1 is 1.07 bits per heavy atom. The summed E-state index contributed by atoms with van der Waals surface area (Å²) in [6.45, 7) is 0.560. The van der Waals surface area contributed by atoms with Crippen molar-refractivity contribution in [2.24, 2.45) is 0 Å². The molecule has 2 aliphatic heterocycles. The van der Waals surface area contributed by atoms with Crippen molar-refractivity contribution in [2.45, 2.75) is 18.5 Å². The summed E-state index contributed by atoms with van der Waals surface area (Å²) in [5.41, 5.74) is 0.964. The van der Waals surface area contributed by atoms with Crippen LogP contribution in [0.5, 0.6) is 5.75 Å². The minimum absolute atomic E-state index is 0.0512. The number of carbonyl (C=O) groups is 3. The average molecular weight is 397 g/mol. The van der Waals surface area contributed by atoms with Crippen LogP contribution in [0.3, 0.4) is 0 Å². The predicted molar refractivity (Wildman–Crippen MR) is 102 cm³/mol. The Hall–Kier alpha value is -3.42. The minimum Gasteiger partial charge on any atom is -0.410 e. The van der Waals surface area contributed by atoms with E-state index in [0.717, 1.165) is 5.56 Å². The number of nitrogens with one attached hydrogen (secondary N) is 1. The van der Waals surface area contributed by atoms with Gasteiger partial charge in [0, 0.05) is 19.5 Å². The molecule has 0 aromatic heterocycles. The van der Waals surface area contributed by atoms with Crippen molar-refractivity contribution < 1.29 is 23.5 Å². The van der Waals surface area contributed by atoms with Gasteiger partial charge in [0.05, 0.1) is 6.54 Å². The fraction of sp³-hybridized carbons (Fsp3) is 0.286. The number of halogens is 1. The molecule has 4 rings (SSSR count). The molecule has 2 aromatic carbocycles. The van der Waals surface area contributed by atoms with E-state index in [4.69, 9.17) is 4.74 Å². The number of hydrogen-bond donors (Lipinski definition) is 1. The van der Waals surface area contributed by atoms with E-state index in [1.165, 1.54) is 34.1 Å². The Labute approximate surface area is 167 Å². The molecule has 2 fully saturated rings. The number of fused-ring (bicyclic) bond motifs is 1. The summed E-state index contributed by atoms with van der Waals surface area (Å²) in [7, 11) is 0. The quantitative estimate of drug-likeness (QED) is 0.853. The van der Waals surface area contributed by atoms with Crippen LogP contribution in [0, 0.1) is 5.82 Å². The van der Waals surface area contributed by atoms with E-state index >= 15 is 0 Å². The van der Waals surface area contributed by atoms with Crippen molar-refractivity contribution in [1.29, 1.82) is 0 Å². The van der Waals surface area contributed by atoms with Gasteiger partial charge in [-0.2, -0.15) is 0 Å². The highest BCUT2D eigenvalue weighted by Gasteiger charge is 2.44. The van der Waals surface area contributed by atoms with Crippen LogP contribution in [-0.4, -0.2) is 59.4 Å². The number of rotatable bonds is 3. The standard InChI is InChI=1S/C21H20FN3O4/c22-15-6-8-16(9-7-15)29-21(28)24-10-11-25-18(13-24)19(26)23-17(20(25)27)12-14-4-2-1-3-5-14/h1-9,17-18H,10-13H2,(H,23,26)/t17-,18-/m1/s1. The Morgan fingerprint density at radius 3 is 2.52 bits per heavy atom. The van der Waals surface area contributed by atoms with Crippen LogP contribution in [0.25, 0.3) is 0 Å². The summed E-state index contributed by atoms with van der Waals surface area (Å²) in [6.07, 6.45) is -0.215. The lowest BCUT2D eigenvalue weighted by molar-refractivity contribution is -0.152. The summed E-state index contributed by atoms with van der Waals surface area (Å²) < 4.78 is 18.2. The molecule has 2 heterocycles. The predicted octanol–water partition coefficient (Wildman–Crippen LogP) is 1.58. The van der Waals surface area contributed by atoms with Gasteiger partial charge in [0.1, 0.15) is 23.7 Å². The van der Waals surface area contributed by atoms with Crippen molar-refractivity contribution in [3.63, 3.8) is 0 Å². The first-order chi connectivity index (χ1) is 14.0. The molecule has 0 saturated carbocycles. The number of hydrogen-bond acceptors (Lipinski definition) is 4. The van der Waals surface area contributed by atoms with Gasteiger partial charge in [0.25, 0.3) is 0 Å². The van der Waals surface area contributed by atoms with Crippen molar-refractivity contribution in [3.8, 4) is 5.75 Å². The summed E-state index contributed by atoms with van der Waals surface area (Å²) in [4.78, 5) is 40.8. The molecule has 0 radical (unpaired) electrons. The van der Waals surface area contributed by atoms with E-state index < -0.39 is 24.0 Å². The molecule has 3 amide bonds. The van der Waals surface area contributed by atoms with Gasteiger partial charge in [-0.3, -0.25) is 9.59 Å². The van der Waals surface area contributed by atoms with E-state index in [2.05, 4.69) is 5.32 Å². The molecular weight excluding hydrogens is 377 g/mol. The molecule has 2 aliphatic rings. The molecule has 29 heavy (non-hydrogen) atoms. The number of ether oxygens (including phenoxy) is 1. The first kappa shape index (κ1) is 18.9. The Kier molecular flexibility index (Phi) is 5.16. The van der Waals surface area contributed by atoms with E-state index in [-0.39, 0.29) is 37.2 Å². The molecule has 0 unspecified atom stereocenters. The summed E-state index contributed by atoms with van der Waals surface area (Å²) in [6, 6.07) is 13.2. The second-order valence-corrected chi connectivity index (χ2v) is 7.07. The summed E-state index contributed by atoms with van der Waals surface area (Å²) in [5.74, 6) is -0.651. The third kappa shape index (κ3) is 4.06. The highest BCUT2D eigenvalue weighted by atomic mass is 19.1. The zero-order valence-corrected chi connectivity index (χ0v) is 15.6. The third-order valence-electron chi connectivity index (χ3n) is 5.14. The molecule has 1 N–H and O–H groups in total. The van der Waals surface area contributed by atoms with Crippen molar-refractivity contribution >= 4 is 17.9 Å². The molecule has 150 valence electrons. The van der Waals surface area contributed by atoms with E-state index in [0.29, 0.717) is 6.42 Å². The molecule has 2 saturated heterocycles. The summed E-state index contributed by atoms with van der Waals surface area (Å²) >= 11 is 0. The molecular formula is C21H20FN3O4. The zero-order valence-electron chi connectivity index (χ0n) is 15.6. The van der Waals surface area contributed by atoms with Gasteiger partial charge in [0.2, 0.25) is 11.8 Å². The second kappa shape index (κ2) is 7.90. The molecule has 8 heteroatoms. The van der Waals surface area contributed by atoms with Crippen LogP contribution in [0.4, 0.5) is 9.18 Å². The van der Waals surface area contributed by atoms with Crippen molar-refractivity contribution in [1.82, 2.24) is 15.1 Å². The third-order valence-corrected chi connectivity index (χ3v) is 5.14. The van der Waals surface area contributed by atoms with Crippen LogP contribution >= 0.6 is 0 Å². The topological polar surface area (TPSA) is 79.0 Å². The van der Waals surface area contributed by atoms with Crippen molar-refractivity contribution in [3.05, 3.63) is 66.0 Å². The SMILES string of the molecule is O=C1N[C@H](Cc2ccccc2)C(=O)N2CCN(C(=O)Oc3ccc(F)cc3)C[C@H]12. The first-order valence-electron chi connectivity index (χ1n) is 9.38. The van der Waals surface area contributed by atoms with Gasteiger partial charge < -0.3 is 19.9 Å². The fourth-order valence-electron chi connectivity index (χ4n) is 3.62. The molecule has 2 aromatic rings. The first-order valence-corrected chi connectivity index (χ1v) is 9.38. The van der Waals surface area contributed by atoms with Crippen LogP contribution in [-0.2, 0) is 16.0 Å². The largest absolute Gasteiger partial charge is 0.415 e. The Morgan fingerprint density at radius 2 is 1.79 bits per heavy atom. The van der Waals surface area contributed by atoms with Crippen LogP contribution in [0.15, 0.2) is 54.6 Å². The highest BCUT2D eigenvalue weighted by Crippen LogP contribution is 2.20. The average Bonchev–Trinajstić information content (AvgIpc) is 2.74. The lowest BCUT2D eigenvalue weighted by Crippen LogP contribution is -2.70. The van der Waals surface area contributed by atoms with Crippen LogP contribution < -0.4 is 10.1 Å². The van der Waals surface area contributed by atoms with Gasteiger partial charge in [-0.15, -0.1) is 0 Å². The maximum absolute atomic E-state index is 13.0. The normalized spacial score (nSPS) is 21.4. The van der Waals surface area contributed by atoms with Gasteiger partial charge in [-0.1, -0.05) is 30.3 Å². The monoisotopic (exact) mass is 397 g/mol. The maximum atomic E-state index is 13.0. The second-order valence-electron chi connectivity index (χ2n) is 7.07. The van der Waals surface area contributed by atoms with Crippen LogP contribution in [0.1, 0.15) is 5.56 Å². The lowest BCUT2D eigenvalue weighted by Gasteiger charge is -2.44. The molecule has 2 atom stereocenters. The number of amides is 3. The lowest BCUT2D eigenvalue weighted by atomic mass is 9.99. The van der Waals surface area contributed by atoms with Crippen molar-refractivity contribution in [2.75, 3.05) is 19.6 Å². The van der Waals surface area contributed by atoms with Gasteiger partial charge >= 0.3 is 6.09 Å². The maximum Gasteiger partial charge on any atom is 0.415 e.